The van der Waals surface area contributed by atoms with Crippen LogP contribution in [0.1, 0.15) is 58.5 Å². The van der Waals surface area contributed by atoms with Gasteiger partial charge < -0.3 is 46.9 Å². The molecule has 340 valence electrons. The normalized spacial score (nSPS) is 12.9. The van der Waals surface area contributed by atoms with Crippen LogP contribution in [0.5, 0.6) is 0 Å². The van der Waals surface area contributed by atoms with E-state index >= 15 is 0 Å². The van der Waals surface area contributed by atoms with Gasteiger partial charge >= 0.3 is 32.4 Å². The minimum absolute atomic E-state index is 0.00368. The summed E-state index contributed by atoms with van der Waals surface area (Å²) in [6, 6.07) is 13.6. The Morgan fingerprint density at radius 3 is 1.20 bits per heavy atom. The summed E-state index contributed by atoms with van der Waals surface area (Å²) in [7, 11) is -6.72. The summed E-state index contributed by atoms with van der Waals surface area (Å²) in [4.78, 5) is 71.8. The lowest BCUT2D eigenvalue weighted by Gasteiger charge is -2.38. The van der Waals surface area contributed by atoms with Gasteiger partial charge in [0.1, 0.15) is 25.4 Å². The van der Waals surface area contributed by atoms with Crippen molar-refractivity contribution in [3.63, 3.8) is 0 Å². The van der Waals surface area contributed by atoms with Gasteiger partial charge in [-0.3, -0.25) is 19.2 Å². The first-order valence-corrected chi connectivity index (χ1v) is 29.5. The number of ether oxygens (including phenoxy) is 6. The quantitative estimate of drug-likeness (QED) is 0.0271. The SMILES string of the molecule is CCOC(=O)C(=O)c1ccc(CC(=O)OCC(O)COCCC[Si](C)(C)O[Si](C)(C)O[Si](C)(C)CCCOCC(O)COC(=O)Cc2ccc(C(=O)C(=O)OCC)cc2)cc1. The van der Waals surface area contributed by atoms with Crippen LogP contribution in [0.2, 0.25) is 51.4 Å². The van der Waals surface area contributed by atoms with E-state index < -0.39 is 72.8 Å². The average molecular weight is 909 g/mol. The zero-order valence-corrected chi connectivity index (χ0v) is 39.8. The number of carbonyl (C=O) groups is 6. The fraction of sp³-hybridized carbons (Fsp3) is 0.571. The Morgan fingerprint density at radius 2 is 0.869 bits per heavy atom. The predicted molar refractivity (Wildman–Crippen MR) is 231 cm³/mol. The van der Waals surface area contributed by atoms with Gasteiger partial charge in [-0.2, -0.15) is 0 Å². The summed E-state index contributed by atoms with van der Waals surface area (Å²) in [5, 5.41) is 20.5. The third kappa shape index (κ3) is 22.1. The Hall–Kier alpha value is -3.93. The number of aliphatic hydroxyl groups excluding tert-OH is 2. The van der Waals surface area contributed by atoms with Crippen LogP contribution in [0.15, 0.2) is 48.5 Å². The highest BCUT2D eigenvalue weighted by Gasteiger charge is 2.39. The van der Waals surface area contributed by atoms with Crippen LogP contribution in [-0.4, -0.2) is 136 Å². The van der Waals surface area contributed by atoms with E-state index in [1.165, 1.54) is 24.3 Å². The van der Waals surface area contributed by atoms with Crippen LogP contribution in [-0.2, 0) is 68.7 Å². The van der Waals surface area contributed by atoms with Crippen LogP contribution >= 0.6 is 0 Å². The Morgan fingerprint density at radius 1 is 0.525 bits per heavy atom. The lowest BCUT2D eigenvalue weighted by Crippen LogP contribution is -2.52. The number of ketones is 2. The molecule has 0 spiro atoms. The van der Waals surface area contributed by atoms with Gasteiger partial charge in [0, 0.05) is 24.3 Å². The van der Waals surface area contributed by atoms with E-state index in [2.05, 4.69) is 39.3 Å². The molecule has 2 rings (SSSR count). The maximum absolute atomic E-state index is 12.3. The van der Waals surface area contributed by atoms with Crippen molar-refractivity contribution in [3.8, 4) is 0 Å². The van der Waals surface area contributed by atoms with E-state index in [9.17, 15) is 39.0 Å². The lowest BCUT2D eigenvalue weighted by molar-refractivity contribution is -0.147. The van der Waals surface area contributed by atoms with Crippen molar-refractivity contribution in [2.24, 2.45) is 0 Å². The van der Waals surface area contributed by atoms with E-state index in [0.29, 0.717) is 24.3 Å². The molecule has 2 N–H and O–H groups in total. The average Bonchev–Trinajstić information content (AvgIpc) is 3.18. The van der Waals surface area contributed by atoms with Gasteiger partial charge in [-0.1, -0.05) is 48.5 Å². The molecule has 0 bridgehead atoms. The van der Waals surface area contributed by atoms with E-state index in [4.69, 9.17) is 36.7 Å². The van der Waals surface area contributed by atoms with E-state index in [1.54, 1.807) is 38.1 Å². The molecule has 0 radical (unpaired) electrons. The lowest BCUT2D eigenvalue weighted by atomic mass is 10.1. The first-order valence-electron chi connectivity index (χ1n) is 20.5. The van der Waals surface area contributed by atoms with E-state index in [0.717, 1.165) is 24.9 Å². The second-order valence-corrected chi connectivity index (χ2v) is 28.5. The molecule has 0 saturated carbocycles. The second kappa shape index (κ2) is 26.5. The van der Waals surface area contributed by atoms with E-state index in [-0.39, 0.29) is 63.6 Å². The van der Waals surface area contributed by atoms with Gasteiger partial charge in [-0.05, 0) is 89.2 Å². The van der Waals surface area contributed by atoms with Crippen molar-refractivity contribution in [1.82, 2.24) is 0 Å². The molecule has 19 heteroatoms. The molecule has 0 aliphatic heterocycles. The minimum Gasteiger partial charge on any atom is -0.463 e. The molecular weight excluding hydrogens is 845 g/mol. The smallest absolute Gasteiger partial charge is 0.379 e. The topological polar surface area (TPSA) is 217 Å². The molecule has 0 amide bonds. The predicted octanol–water partition coefficient (Wildman–Crippen LogP) is 4.73. The summed E-state index contributed by atoms with van der Waals surface area (Å²) in [6.07, 6.45) is -0.669. The third-order valence-corrected chi connectivity index (χ3v) is 20.2. The van der Waals surface area contributed by atoms with Crippen molar-refractivity contribution >= 4 is 60.6 Å². The van der Waals surface area contributed by atoms with Crippen LogP contribution in [0.3, 0.4) is 0 Å². The summed E-state index contributed by atoms with van der Waals surface area (Å²) >= 11 is 0. The molecule has 0 aliphatic rings. The van der Waals surface area contributed by atoms with Crippen LogP contribution in [0.25, 0.3) is 0 Å². The van der Waals surface area contributed by atoms with Crippen molar-refractivity contribution in [1.29, 1.82) is 0 Å². The van der Waals surface area contributed by atoms with Gasteiger partial charge in [0.15, 0.2) is 16.6 Å². The zero-order valence-electron chi connectivity index (χ0n) is 36.8. The van der Waals surface area contributed by atoms with Gasteiger partial charge in [0.05, 0.1) is 39.3 Å². The summed E-state index contributed by atoms with van der Waals surface area (Å²) in [5.74, 6) is -4.50. The highest BCUT2D eigenvalue weighted by atomic mass is 28.5. The maximum atomic E-state index is 12.3. The van der Waals surface area contributed by atoms with E-state index in [1.807, 2.05) is 0 Å². The molecule has 0 saturated heterocycles. The summed E-state index contributed by atoms with van der Waals surface area (Å²) in [5.41, 5.74) is 1.49. The molecule has 0 aliphatic carbocycles. The molecule has 61 heavy (non-hydrogen) atoms. The van der Waals surface area contributed by atoms with Crippen LogP contribution in [0, 0.1) is 0 Å². The molecule has 0 heterocycles. The van der Waals surface area contributed by atoms with Crippen molar-refractivity contribution < 1.29 is 75.6 Å². The molecule has 16 nitrogen and oxygen atoms in total. The highest BCUT2D eigenvalue weighted by molar-refractivity contribution is 6.87. The largest absolute Gasteiger partial charge is 0.463 e. The molecule has 0 aromatic heterocycles. The molecular formula is C42H64O16Si3. The first kappa shape index (κ1) is 53.2. The molecule has 0 fully saturated rings. The molecule has 2 aromatic carbocycles. The fourth-order valence-electron chi connectivity index (χ4n) is 6.18. The second-order valence-electron chi connectivity index (χ2n) is 16.0. The molecule has 2 atom stereocenters. The Bertz CT molecular complexity index is 1590. The third-order valence-electron chi connectivity index (χ3n) is 8.72. The monoisotopic (exact) mass is 908 g/mol. The number of hydrogen-bond donors (Lipinski definition) is 2. The van der Waals surface area contributed by atoms with Gasteiger partial charge in [0.25, 0.3) is 11.6 Å². The maximum Gasteiger partial charge on any atom is 0.379 e. The van der Waals surface area contributed by atoms with Crippen molar-refractivity contribution in [2.45, 2.75) is 103 Å². The van der Waals surface area contributed by atoms with Crippen molar-refractivity contribution in [2.75, 3.05) is 52.9 Å². The Labute approximate surface area is 362 Å². The molecule has 2 aromatic rings. The van der Waals surface area contributed by atoms with Gasteiger partial charge in [-0.25, -0.2) is 9.59 Å². The number of carbonyl (C=O) groups excluding carboxylic acids is 6. The number of aliphatic hydroxyl groups is 2. The highest BCUT2D eigenvalue weighted by Crippen LogP contribution is 2.26. The number of benzene rings is 2. The number of hydrogen-bond acceptors (Lipinski definition) is 16. The van der Waals surface area contributed by atoms with Crippen molar-refractivity contribution in [3.05, 3.63) is 70.8 Å². The Balaban J connectivity index is 1.59. The van der Waals surface area contributed by atoms with Crippen LogP contribution in [0.4, 0.5) is 0 Å². The summed E-state index contributed by atoms with van der Waals surface area (Å²) in [6.45, 7) is 16.5. The standard InChI is InChI=1S/C42H64O16Si3/c1-9-53-41(49)39(47)33-17-13-31(14-18-33)25-37(45)55-29-35(43)27-51-21-11-23-59(3,4)57-61(7,8)58-60(5,6)24-12-22-52-28-36(44)30-56-38(46)26-32-15-19-34(20-16-32)40(48)42(50)54-10-2/h13-20,35-36,43-44H,9-12,21-30H2,1-8H3. The van der Waals surface area contributed by atoms with Gasteiger partial charge in [-0.15, -0.1) is 0 Å². The minimum atomic E-state index is -2.48. The summed E-state index contributed by atoms with van der Waals surface area (Å²) < 4.78 is 44.4. The number of Topliss-reactive ketones (excluding diaryl/α,β-unsaturated/α-hetero) is 2. The number of esters is 4. The first-order chi connectivity index (χ1) is 28.7. The Kier molecular flexibility index (Phi) is 23.1. The zero-order chi connectivity index (χ0) is 45.6. The number of rotatable bonds is 30. The van der Waals surface area contributed by atoms with Crippen LogP contribution < -0.4 is 0 Å². The van der Waals surface area contributed by atoms with Gasteiger partial charge in [0.2, 0.25) is 0 Å². The molecule has 2 unspecified atom stereocenters. The fourth-order valence-corrected chi connectivity index (χ4v) is 20.2.